The molecule has 2 aliphatic carbocycles. The molecular weight excluding hydrogens is 411 g/mol. The molecule has 0 atom stereocenters. The molecule has 0 saturated carbocycles. The van der Waals surface area contributed by atoms with Gasteiger partial charge in [-0.25, -0.2) is 8.42 Å². The van der Waals surface area contributed by atoms with Crippen molar-refractivity contribution in [3.8, 4) is 0 Å². The van der Waals surface area contributed by atoms with E-state index in [1.54, 1.807) is 7.05 Å². The molecule has 0 saturated heterocycles. The molecule has 2 rings (SSSR count). The van der Waals surface area contributed by atoms with Crippen LogP contribution in [-0.2, 0) is 49.2 Å². The fourth-order valence-electron chi connectivity index (χ4n) is 2.36. The third-order valence-electron chi connectivity index (χ3n) is 3.36. The van der Waals surface area contributed by atoms with Crippen LogP contribution in [0, 0.1) is 15.8 Å². The summed E-state index contributed by atoms with van der Waals surface area (Å²) in [5, 5.41) is 14.2. The van der Waals surface area contributed by atoms with Gasteiger partial charge in [0.2, 0.25) is 5.43 Å². The van der Waals surface area contributed by atoms with Crippen LogP contribution in [0.3, 0.4) is 0 Å². The van der Waals surface area contributed by atoms with Crippen molar-refractivity contribution in [2.24, 2.45) is 10.2 Å². The first kappa shape index (κ1) is 20.6. The van der Waals surface area contributed by atoms with Gasteiger partial charge in [0, 0.05) is 39.8 Å². The molecule has 9 nitrogen and oxygen atoms in total. The zero-order valence-corrected chi connectivity index (χ0v) is 16.5. The summed E-state index contributed by atoms with van der Waals surface area (Å²) in [4.78, 5) is 11.5. The Morgan fingerprint density at radius 2 is 1.96 bits per heavy atom. The molecule has 3 N–H and O–H groups in total. The SMILES string of the molecule is CCc1cc2cc(S(=O)(=O)[O-])/c(=N/[NH-])c(=O)c=2c(=N)c1=NNC.[Y]. The van der Waals surface area contributed by atoms with Crippen molar-refractivity contribution >= 4 is 10.1 Å². The van der Waals surface area contributed by atoms with E-state index < -0.39 is 25.8 Å². The van der Waals surface area contributed by atoms with Crippen molar-refractivity contribution in [3.05, 3.63) is 60.3 Å². The number of hydrogen-bond donors (Lipinski definition) is 2. The summed E-state index contributed by atoms with van der Waals surface area (Å²) in [7, 11) is -3.43. The summed E-state index contributed by atoms with van der Waals surface area (Å²) in [6.45, 7) is 1.81. The second kappa shape index (κ2) is 7.60. The Kier molecular flexibility index (Phi) is 6.51. The van der Waals surface area contributed by atoms with Crippen LogP contribution in [0.5, 0.6) is 0 Å². The van der Waals surface area contributed by atoms with E-state index in [0.717, 1.165) is 6.07 Å². The normalized spacial score (nSPS) is 13.1. The van der Waals surface area contributed by atoms with Gasteiger partial charge in [0.25, 0.3) is 0 Å². The van der Waals surface area contributed by atoms with Crippen LogP contribution < -0.4 is 26.9 Å². The Morgan fingerprint density at radius 1 is 1.33 bits per heavy atom. The Morgan fingerprint density at radius 3 is 2.42 bits per heavy atom. The molecular formula is C13H13N5O4SY-2. The summed E-state index contributed by atoms with van der Waals surface area (Å²) < 4.78 is 33.9. The Balaban J connectivity index is 0.00000288. The predicted octanol–water partition coefficient (Wildman–Crippen LogP) is -1.51. The second-order valence-corrected chi connectivity index (χ2v) is 6.01. The first-order chi connectivity index (χ1) is 10.8. The molecule has 0 fully saturated rings. The zero-order valence-electron chi connectivity index (χ0n) is 12.9. The van der Waals surface area contributed by atoms with Crippen LogP contribution >= 0.6 is 0 Å². The van der Waals surface area contributed by atoms with Crippen LogP contribution in [0.15, 0.2) is 32.0 Å². The third kappa shape index (κ3) is 3.46. The fraction of sp³-hybridized carbons (Fsp3) is 0.231. The average molecular weight is 424 g/mol. The van der Waals surface area contributed by atoms with Crippen LogP contribution in [0.25, 0.3) is 5.84 Å². The van der Waals surface area contributed by atoms with Gasteiger partial charge in [-0.1, -0.05) is 6.92 Å². The molecule has 1 radical (unpaired) electrons. The van der Waals surface area contributed by atoms with Gasteiger partial charge >= 0.3 is 0 Å². The molecule has 11 heteroatoms. The van der Waals surface area contributed by atoms with Gasteiger partial charge in [0.05, 0.1) is 15.5 Å². The van der Waals surface area contributed by atoms with E-state index in [4.69, 9.17) is 11.3 Å². The first-order valence-electron chi connectivity index (χ1n) is 6.52. The minimum Gasteiger partial charge on any atom is -0.744 e. The molecule has 0 aromatic carbocycles. The molecule has 0 heterocycles. The molecule has 0 aromatic rings. The van der Waals surface area contributed by atoms with Crippen molar-refractivity contribution in [2.75, 3.05) is 7.05 Å². The van der Waals surface area contributed by atoms with Crippen molar-refractivity contribution in [3.63, 3.8) is 0 Å². The third-order valence-corrected chi connectivity index (χ3v) is 4.21. The number of aryl methyl sites for hydroxylation is 1. The van der Waals surface area contributed by atoms with Crippen molar-refractivity contribution in [1.82, 2.24) is 5.43 Å². The quantitative estimate of drug-likeness (QED) is 0.452. The summed E-state index contributed by atoms with van der Waals surface area (Å²) in [5.74, 6) is 6.99. The molecule has 0 aromatic heterocycles. The largest absolute Gasteiger partial charge is 0.744 e. The van der Waals surface area contributed by atoms with E-state index in [0.29, 0.717) is 12.0 Å². The minimum absolute atomic E-state index is 0. The van der Waals surface area contributed by atoms with Crippen molar-refractivity contribution < 1.29 is 45.7 Å². The number of rotatable bonds is 3. The van der Waals surface area contributed by atoms with Gasteiger partial charge in [-0.3, -0.25) is 10.2 Å². The molecule has 0 bridgehead atoms. The Labute approximate surface area is 161 Å². The standard InChI is InChI=1S/C13H15N5O4S.Y/c1-3-6-4-7-5-8(23(20,21)22)12(17-15)13(19)9(7)10(14)11(6)18-16-2;/h4-5H,3H2,1-2H3,(H5,14,15,16,19,20,21,22);/p-2. The molecule has 0 amide bonds. The smallest absolute Gasteiger partial charge is 0.213 e. The Bertz CT molecular complexity index is 1170. The van der Waals surface area contributed by atoms with E-state index in [2.05, 4.69) is 15.6 Å². The Hall–Kier alpha value is -1.49. The van der Waals surface area contributed by atoms with Crippen LogP contribution in [-0.4, -0.2) is 20.0 Å². The van der Waals surface area contributed by atoms with Gasteiger partial charge in [0.15, 0.2) is 0 Å². The molecule has 0 spiro atoms. The molecule has 125 valence electrons. The summed E-state index contributed by atoms with van der Waals surface area (Å²) >= 11 is 0. The fourth-order valence-corrected chi connectivity index (χ4v) is 3.00. The van der Waals surface area contributed by atoms with E-state index in [9.17, 15) is 17.8 Å². The second-order valence-electron chi connectivity index (χ2n) is 4.66. The predicted molar refractivity (Wildman–Crippen MR) is 78.1 cm³/mol. The van der Waals surface area contributed by atoms with Gasteiger partial charge in [-0.2, -0.15) is 5.10 Å². The van der Waals surface area contributed by atoms with Gasteiger partial charge in [-0.05, 0) is 29.3 Å². The monoisotopic (exact) mass is 424 g/mol. The maximum atomic E-state index is 12.4. The summed E-state index contributed by atoms with van der Waals surface area (Å²) in [5.41, 5.74) is 2.20. The number of nitrogens with zero attached hydrogens (tertiary/aromatic N) is 2. The van der Waals surface area contributed by atoms with E-state index in [1.807, 2.05) is 6.92 Å². The zero-order chi connectivity index (χ0) is 17.4. The molecule has 2 aliphatic rings. The topological polar surface area (TPSA) is 159 Å². The number of nitrogens with one attached hydrogen (secondary N) is 3. The summed E-state index contributed by atoms with van der Waals surface area (Å²) in [6.07, 6.45) is 0.487. The number of hydrogen-bond acceptors (Lipinski definition) is 8. The molecule has 0 unspecified atom stereocenters. The first-order valence-corrected chi connectivity index (χ1v) is 7.93. The summed E-state index contributed by atoms with van der Waals surface area (Å²) in [6, 6.07) is 2.49. The van der Waals surface area contributed by atoms with E-state index in [-0.39, 0.29) is 53.9 Å². The van der Waals surface area contributed by atoms with Crippen LogP contribution in [0.2, 0.25) is 0 Å². The van der Waals surface area contributed by atoms with E-state index >= 15 is 0 Å². The van der Waals surface area contributed by atoms with Gasteiger partial charge in [-0.15, -0.1) is 0 Å². The maximum absolute atomic E-state index is 12.4. The maximum Gasteiger partial charge on any atom is 0.213 e. The molecule has 0 aliphatic heterocycles. The van der Waals surface area contributed by atoms with E-state index in [1.165, 1.54) is 6.07 Å². The minimum atomic E-state index is -4.97. The molecule has 24 heavy (non-hydrogen) atoms. The van der Waals surface area contributed by atoms with Crippen molar-refractivity contribution in [1.29, 1.82) is 5.41 Å². The van der Waals surface area contributed by atoms with Crippen LogP contribution in [0.4, 0.5) is 0 Å². The van der Waals surface area contributed by atoms with Crippen molar-refractivity contribution in [2.45, 2.75) is 18.2 Å². The van der Waals surface area contributed by atoms with Gasteiger partial charge in [0.1, 0.15) is 20.8 Å². The average Bonchev–Trinajstić information content (AvgIpc) is 2.48. The van der Waals surface area contributed by atoms with Gasteiger partial charge < -0.3 is 20.9 Å². The van der Waals surface area contributed by atoms with Crippen LogP contribution in [0.1, 0.15) is 12.5 Å².